The van der Waals surface area contributed by atoms with Gasteiger partial charge in [0.1, 0.15) is 0 Å². The minimum Gasteiger partial charge on any atom is -0.320 e. The van der Waals surface area contributed by atoms with Gasteiger partial charge in [-0.1, -0.05) is 30.0 Å². The van der Waals surface area contributed by atoms with Crippen molar-refractivity contribution in [2.75, 3.05) is 6.54 Å². The lowest BCUT2D eigenvalue weighted by molar-refractivity contribution is 0.483. The van der Waals surface area contributed by atoms with Crippen LogP contribution in [0.4, 0.5) is 0 Å². The summed E-state index contributed by atoms with van der Waals surface area (Å²) >= 11 is 0. The van der Waals surface area contributed by atoms with Crippen molar-refractivity contribution in [3.05, 3.63) is 35.4 Å². The molecule has 0 fully saturated rings. The molecular weight excluding hydrogens is 274 g/mol. The van der Waals surface area contributed by atoms with Gasteiger partial charge in [0.15, 0.2) is 0 Å². The van der Waals surface area contributed by atoms with Gasteiger partial charge >= 0.3 is 0 Å². The third kappa shape index (κ3) is 6.17. The van der Waals surface area contributed by atoms with Crippen molar-refractivity contribution < 1.29 is 8.42 Å². The molecule has 0 unspecified atom stereocenters. The average Bonchev–Trinajstić information content (AvgIpc) is 2.32. The van der Waals surface area contributed by atoms with Crippen molar-refractivity contribution in [1.82, 2.24) is 9.44 Å². The van der Waals surface area contributed by atoms with E-state index >= 15 is 0 Å². The third-order valence-electron chi connectivity index (χ3n) is 2.24. The van der Waals surface area contributed by atoms with E-state index in [4.69, 9.17) is 5.73 Å². The molecule has 0 heterocycles. The summed E-state index contributed by atoms with van der Waals surface area (Å²) in [6.07, 6.45) is 0. The molecule has 0 aliphatic heterocycles. The Hall–Kier alpha value is -1.39. The fourth-order valence-corrected chi connectivity index (χ4v) is 2.78. The fraction of sp³-hybridized carbons (Fsp3) is 0.429. The highest BCUT2D eigenvalue weighted by Gasteiger charge is 2.19. The Morgan fingerprint density at radius 1 is 1.25 bits per heavy atom. The molecule has 110 valence electrons. The molecule has 1 aromatic rings. The predicted octanol–water partition coefficient (Wildman–Crippen LogP) is 0.719. The van der Waals surface area contributed by atoms with Crippen molar-refractivity contribution in [3.8, 4) is 11.8 Å². The second kappa shape index (κ2) is 6.86. The van der Waals surface area contributed by atoms with E-state index in [-0.39, 0.29) is 13.1 Å². The smallest absolute Gasteiger partial charge is 0.277 e. The maximum Gasteiger partial charge on any atom is 0.277 e. The molecule has 0 saturated heterocycles. The monoisotopic (exact) mass is 295 g/mol. The van der Waals surface area contributed by atoms with E-state index < -0.39 is 15.7 Å². The first-order valence-electron chi connectivity index (χ1n) is 6.29. The Morgan fingerprint density at radius 3 is 2.50 bits per heavy atom. The Balaban J connectivity index is 2.80. The quantitative estimate of drug-likeness (QED) is 0.716. The van der Waals surface area contributed by atoms with Crippen LogP contribution in [0, 0.1) is 11.8 Å². The maximum atomic E-state index is 11.9. The second-order valence-corrected chi connectivity index (χ2v) is 6.84. The zero-order chi connectivity index (χ0) is 15.2. The van der Waals surface area contributed by atoms with Gasteiger partial charge < -0.3 is 5.73 Å². The van der Waals surface area contributed by atoms with Crippen LogP contribution in [0.5, 0.6) is 0 Å². The highest BCUT2D eigenvalue weighted by Crippen LogP contribution is 2.08. The van der Waals surface area contributed by atoms with Gasteiger partial charge in [-0.05, 0) is 32.4 Å². The largest absolute Gasteiger partial charge is 0.320 e. The van der Waals surface area contributed by atoms with E-state index in [2.05, 4.69) is 21.3 Å². The number of nitrogens with one attached hydrogen (secondary N) is 2. The summed E-state index contributed by atoms with van der Waals surface area (Å²) < 4.78 is 28.8. The first-order chi connectivity index (χ1) is 9.23. The highest BCUT2D eigenvalue weighted by atomic mass is 32.2. The van der Waals surface area contributed by atoms with Crippen LogP contribution in [0.25, 0.3) is 0 Å². The van der Waals surface area contributed by atoms with E-state index in [0.717, 1.165) is 11.1 Å². The molecule has 4 N–H and O–H groups in total. The summed E-state index contributed by atoms with van der Waals surface area (Å²) in [6.45, 7) is 5.80. The van der Waals surface area contributed by atoms with Gasteiger partial charge in [-0.15, -0.1) is 0 Å². The summed E-state index contributed by atoms with van der Waals surface area (Å²) in [6, 6.07) is 7.37. The number of benzene rings is 1. The van der Waals surface area contributed by atoms with Crippen LogP contribution >= 0.6 is 0 Å². The van der Waals surface area contributed by atoms with E-state index in [1.165, 1.54) is 0 Å². The fourth-order valence-electron chi connectivity index (χ4n) is 1.55. The minimum absolute atomic E-state index is 0.181. The van der Waals surface area contributed by atoms with E-state index in [9.17, 15) is 8.42 Å². The summed E-state index contributed by atoms with van der Waals surface area (Å²) in [5.41, 5.74) is 6.41. The second-order valence-electron chi connectivity index (χ2n) is 5.34. The lowest BCUT2D eigenvalue weighted by Gasteiger charge is -2.20. The Labute approximate surface area is 121 Å². The summed E-state index contributed by atoms with van der Waals surface area (Å²) in [5, 5.41) is 0. The molecule has 5 nitrogen and oxygen atoms in total. The molecule has 6 heteroatoms. The molecular formula is C14H21N3O2S. The molecule has 0 aromatic heterocycles. The first-order valence-corrected chi connectivity index (χ1v) is 7.77. The van der Waals surface area contributed by atoms with Crippen LogP contribution in [0.1, 0.15) is 31.9 Å². The maximum absolute atomic E-state index is 11.9. The van der Waals surface area contributed by atoms with Crippen LogP contribution in [-0.4, -0.2) is 20.5 Å². The molecule has 0 amide bonds. The van der Waals surface area contributed by atoms with Crippen molar-refractivity contribution in [3.63, 3.8) is 0 Å². The zero-order valence-corrected chi connectivity index (χ0v) is 12.8. The number of rotatable bonds is 4. The van der Waals surface area contributed by atoms with Crippen molar-refractivity contribution in [1.29, 1.82) is 0 Å². The van der Waals surface area contributed by atoms with Crippen molar-refractivity contribution in [2.45, 2.75) is 32.9 Å². The molecule has 0 atom stereocenters. The van der Waals surface area contributed by atoms with Gasteiger partial charge in [0.05, 0.1) is 6.54 Å². The molecule has 1 aromatic carbocycles. The summed E-state index contributed by atoms with van der Waals surface area (Å²) in [5.74, 6) is 5.69. The van der Waals surface area contributed by atoms with Crippen molar-refractivity contribution in [2.24, 2.45) is 5.73 Å². The SMILES string of the molecule is CC(C)(C)NS(=O)(=O)NCc1ccccc1C#CCN. The zero-order valence-electron chi connectivity index (χ0n) is 12.0. The van der Waals surface area contributed by atoms with Gasteiger partial charge in [0.2, 0.25) is 0 Å². The summed E-state index contributed by atoms with van der Waals surface area (Å²) in [4.78, 5) is 0. The first kappa shape index (κ1) is 16.7. The lowest BCUT2D eigenvalue weighted by Crippen LogP contribution is -2.46. The molecule has 0 aliphatic rings. The van der Waals surface area contributed by atoms with Crippen LogP contribution in [0.2, 0.25) is 0 Å². The van der Waals surface area contributed by atoms with Crippen LogP contribution in [-0.2, 0) is 16.8 Å². The van der Waals surface area contributed by atoms with Crippen LogP contribution in [0.3, 0.4) is 0 Å². The molecule has 1 rings (SSSR count). The van der Waals surface area contributed by atoms with Gasteiger partial charge in [0, 0.05) is 17.6 Å². The highest BCUT2D eigenvalue weighted by molar-refractivity contribution is 7.87. The van der Waals surface area contributed by atoms with Crippen LogP contribution in [0.15, 0.2) is 24.3 Å². The standard InChI is InChI=1S/C14H21N3O2S/c1-14(2,3)17-20(18,19)16-11-13-8-5-4-7-12(13)9-6-10-15/h4-5,7-8,16-17H,10-11,15H2,1-3H3. The van der Waals surface area contributed by atoms with Gasteiger partial charge in [-0.2, -0.15) is 17.9 Å². The lowest BCUT2D eigenvalue weighted by atomic mass is 10.1. The Bertz CT molecular complexity index is 607. The number of hydrogen-bond acceptors (Lipinski definition) is 3. The molecule has 0 spiro atoms. The van der Waals surface area contributed by atoms with Crippen molar-refractivity contribution >= 4 is 10.2 Å². The van der Waals surface area contributed by atoms with E-state index in [1.54, 1.807) is 20.8 Å². The molecule has 0 bridgehead atoms. The van der Waals surface area contributed by atoms with Gasteiger partial charge in [-0.25, -0.2) is 0 Å². The Morgan fingerprint density at radius 2 is 1.90 bits per heavy atom. The topological polar surface area (TPSA) is 84.2 Å². The molecule has 0 radical (unpaired) electrons. The van der Waals surface area contributed by atoms with Gasteiger partial charge in [-0.3, -0.25) is 0 Å². The molecule has 20 heavy (non-hydrogen) atoms. The number of nitrogens with two attached hydrogens (primary N) is 1. The minimum atomic E-state index is -3.55. The van der Waals surface area contributed by atoms with Gasteiger partial charge in [0.25, 0.3) is 10.2 Å². The number of hydrogen-bond donors (Lipinski definition) is 3. The predicted molar refractivity (Wildman–Crippen MR) is 81.0 cm³/mol. The Kier molecular flexibility index (Phi) is 5.72. The normalized spacial score (nSPS) is 11.8. The average molecular weight is 295 g/mol. The molecule has 0 aliphatic carbocycles. The van der Waals surface area contributed by atoms with Crippen LogP contribution < -0.4 is 15.2 Å². The summed E-state index contributed by atoms with van der Waals surface area (Å²) in [7, 11) is -3.55. The van der Waals surface area contributed by atoms with E-state index in [1.807, 2.05) is 24.3 Å². The third-order valence-corrected chi connectivity index (χ3v) is 3.64. The molecule has 0 saturated carbocycles. The van der Waals surface area contributed by atoms with E-state index in [0.29, 0.717) is 0 Å².